The van der Waals surface area contributed by atoms with Gasteiger partial charge in [-0.2, -0.15) is 0 Å². The zero-order chi connectivity index (χ0) is 14.9. The van der Waals surface area contributed by atoms with Gasteiger partial charge >= 0.3 is 0 Å². The van der Waals surface area contributed by atoms with E-state index >= 15 is 0 Å². The fourth-order valence-corrected chi connectivity index (χ4v) is 2.69. The lowest BCUT2D eigenvalue weighted by Crippen LogP contribution is -2.35. The summed E-state index contributed by atoms with van der Waals surface area (Å²) in [5.74, 6) is 0.232. The fraction of sp³-hybridized carbons (Fsp3) is 0.562. The number of nitrogens with zero attached hydrogens (tertiary/aromatic N) is 1. The second kappa shape index (κ2) is 5.65. The third kappa shape index (κ3) is 3.89. The van der Waals surface area contributed by atoms with Crippen molar-refractivity contribution in [3.63, 3.8) is 0 Å². The molecule has 1 heterocycles. The van der Waals surface area contributed by atoms with E-state index in [1.54, 1.807) is 0 Å². The van der Waals surface area contributed by atoms with Crippen LogP contribution in [0.3, 0.4) is 0 Å². The highest BCUT2D eigenvalue weighted by Crippen LogP contribution is 2.24. The van der Waals surface area contributed by atoms with E-state index in [9.17, 15) is 4.79 Å². The van der Waals surface area contributed by atoms with E-state index in [0.29, 0.717) is 6.42 Å². The summed E-state index contributed by atoms with van der Waals surface area (Å²) >= 11 is 6.13. The molecule has 4 heteroatoms. The van der Waals surface area contributed by atoms with Gasteiger partial charge in [-0.05, 0) is 30.0 Å². The highest BCUT2D eigenvalue weighted by Gasteiger charge is 2.31. The third-order valence-electron chi connectivity index (χ3n) is 3.42. The van der Waals surface area contributed by atoms with Gasteiger partial charge in [-0.15, -0.1) is 0 Å². The Hall–Kier alpha value is -1.22. The van der Waals surface area contributed by atoms with Crippen LogP contribution in [-0.2, 0) is 4.79 Å². The van der Waals surface area contributed by atoms with Crippen LogP contribution in [-0.4, -0.2) is 29.9 Å². The molecular weight excluding hydrogens is 272 g/mol. The highest BCUT2D eigenvalue weighted by atomic mass is 35.5. The van der Waals surface area contributed by atoms with Crippen molar-refractivity contribution in [3.05, 3.63) is 28.8 Å². The topological polar surface area (TPSA) is 32.3 Å². The average Bonchev–Trinajstić information content (AvgIpc) is 2.62. The number of likely N-dealkylation sites (tertiary alicyclic amines) is 1. The summed E-state index contributed by atoms with van der Waals surface area (Å²) in [5.41, 5.74) is 2.18. The summed E-state index contributed by atoms with van der Waals surface area (Å²) in [6, 6.07) is 6.10. The van der Waals surface area contributed by atoms with Crippen molar-refractivity contribution in [1.29, 1.82) is 0 Å². The number of carbonyl (C=O) groups is 1. The molecule has 0 saturated carbocycles. The van der Waals surface area contributed by atoms with Crippen LogP contribution < -0.4 is 5.32 Å². The lowest BCUT2D eigenvalue weighted by molar-refractivity contribution is -0.128. The van der Waals surface area contributed by atoms with Gasteiger partial charge < -0.3 is 10.2 Å². The summed E-state index contributed by atoms with van der Waals surface area (Å²) < 4.78 is 0. The molecule has 1 fully saturated rings. The molecule has 1 aromatic carbocycles. The molecule has 0 aromatic heterocycles. The van der Waals surface area contributed by atoms with Crippen LogP contribution in [0.25, 0.3) is 0 Å². The van der Waals surface area contributed by atoms with Crippen molar-refractivity contribution < 1.29 is 4.79 Å². The van der Waals surface area contributed by atoms with Crippen LogP contribution in [0.5, 0.6) is 0 Å². The molecule has 1 aliphatic rings. The molecule has 1 N–H and O–H groups in total. The Morgan fingerprint density at radius 1 is 1.40 bits per heavy atom. The normalized spacial score (nSPS) is 19.6. The number of amides is 1. The third-order valence-corrected chi connectivity index (χ3v) is 3.83. The lowest BCUT2D eigenvalue weighted by atomic mass is 9.96. The largest absolute Gasteiger partial charge is 0.380 e. The van der Waals surface area contributed by atoms with Gasteiger partial charge in [-0.1, -0.05) is 38.4 Å². The number of benzene rings is 1. The molecule has 1 amide bonds. The first kappa shape index (κ1) is 15.2. The smallest absolute Gasteiger partial charge is 0.224 e. The number of rotatable bonds is 3. The first-order valence-electron chi connectivity index (χ1n) is 7.05. The molecule has 3 nitrogen and oxygen atoms in total. The second-order valence-corrected chi connectivity index (χ2v) is 7.25. The van der Waals surface area contributed by atoms with Crippen molar-refractivity contribution in [2.45, 2.75) is 40.2 Å². The number of anilines is 1. The Bertz CT molecular complexity index is 508. The predicted octanol–water partition coefficient (Wildman–Crippen LogP) is 3.71. The first-order chi connectivity index (χ1) is 9.24. The Balaban J connectivity index is 1.98. The molecule has 0 spiro atoms. The van der Waals surface area contributed by atoms with Crippen molar-refractivity contribution in [2.24, 2.45) is 5.41 Å². The minimum atomic E-state index is 0.137. The van der Waals surface area contributed by atoms with Gasteiger partial charge in [-0.3, -0.25) is 4.79 Å². The summed E-state index contributed by atoms with van der Waals surface area (Å²) in [5, 5.41) is 4.16. The van der Waals surface area contributed by atoms with Gasteiger partial charge in [0.05, 0.1) is 6.04 Å². The molecule has 1 saturated heterocycles. The van der Waals surface area contributed by atoms with E-state index in [1.165, 1.54) is 0 Å². The minimum absolute atomic E-state index is 0.137. The van der Waals surface area contributed by atoms with E-state index in [4.69, 9.17) is 11.6 Å². The Kier molecular flexibility index (Phi) is 4.28. The monoisotopic (exact) mass is 294 g/mol. The molecule has 1 atom stereocenters. The van der Waals surface area contributed by atoms with Gasteiger partial charge in [0.25, 0.3) is 0 Å². The summed E-state index contributed by atoms with van der Waals surface area (Å²) in [4.78, 5) is 14.0. The van der Waals surface area contributed by atoms with Crippen LogP contribution in [0, 0.1) is 12.3 Å². The minimum Gasteiger partial charge on any atom is -0.380 e. The average molecular weight is 295 g/mol. The Labute approximate surface area is 126 Å². The van der Waals surface area contributed by atoms with Crippen LogP contribution in [0.1, 0.15) is 32.8 Å². The molecular formula is C16H23ClN2O. The number of hydrogen-bond donors (Lipinski definition) is 1. The SMILES string of the molecule is Cc1ccc(NC2CC(=O)N(CC(C)(C)C)C2)cc1Cl. The van der Waals surface area contributed by atoms with E-state index in [1.807, 2.05) is 30.0 Å². The zero-order valence-corrected chi connectivity index (χ0v) is 13.4. The van der Waals surface area contributed by atoms with Crippen molar-refractivity contribution in [1.82, 2.24) is 4.90 Å². The van der Waals surface area contributed by atoms with Crippen LogP contribution >= 0.6 is 11.6 Å². The standard InChI is InChI=1S/C16H23ClN2O/c1-11-5-6-12(7-14(11)17)18-13-8-15(20)19(9-13)10-16(2,3)4/h5-7,13,18H,8-10H2,1-4H3. The summed E-state index contributed by atoms with van der Waals surface area (Å²) in [6.45, 7) is 10.0. The Morgan fingerprint density at radius 2 is 2.10 bits per heavy atom. The molecule has 20 heavy (non-hydrogen) atoms. The predicted molar refractivity (Wildman–Crippen MR) is 84.3 cm³/mol. The molecule has 1 aromatic rings. The van der Waals surface area contributed by atoms with Crippen LogP contribution in [0.15, 0.2) is 18.2 Å². The van der Waals surface area contributed by atoms with Crippen molar-refractivity contribution >= 4 is 23.2 Å². The van der Waals surface area contributed by atoms with Gasteiger partial charge in [0, 0.05) is 30.2 Å². The molecule has 1 unspecified atom stereocenters. The van der Waals surface area contributed by atoms with Crippen LogP contribution in [0.4, 0.5) is 5.69 Å². The van der Waals surface area contributed by atoms with Gasteiger partial charge in [0.2, 0.25) is 5.91 Å². The number of nitrogens with one attached hydrogen (secondary N) is 1. The Morgan fingerprint density at radius 3 is 2.70 bits per heavy atom. The lowest BCUT2D eigenvalue weighted by Gasteiger charge is -2.26. The van der Waals surface area contributed by atoms with Crippen LogP contribution in [0.2, 0.25) is 5.02 Å². The molecule has 0 radical (unpaired) electrons. The second-order valence-electron chi connectivity index (χ2n) is 6.84. The number of aryl methyl sites for hydroxylation is 1. The van der Waals surface area contributed by atoms with E-state index in [0.717, 1.165) is 29.4 Å². The number of hydrogen-bond acceptors (Lipinski definition) is 2. The molecule has 0 aliphatic carbocycles. The highest BCUT2D eigenvalue weighted by molar-refractivity contribution is 6.31. The molecule has 2 rings (SSSR count). The van der Waals surface area contributed by atoms with E-state index < -0.39 is 0 Å². The zero-order valence-electron chi connectivity index (χ0n) is 12.7. The quantitative estimate of drug-likeness (QED) is 0.922. The number of carbonyl (C=O) groups excluding carboxylic acids is 1. The van der Waals surface area contributed by atoms with Crippen molar-refractivity contribution in [3.8, 4) is 0 Å². The maximum Gasteiger partial charge on any atom is 0.224 e. The van der Waals surface area contributed by atoms with E-state index in [-0.39, 0.29) is 17.4 Å². The van der Waals surface area contributed by atoms with Gasteiger partial charge in [-0.25, -0.2) is 0 Å². The maximum absolute atomic E-state index is 12.0. The first-order valence-corrected chi connectivity index (χ1v) is 7.43. The van der Waals surface area contributed by atoms with E-state index in [2.05, 4.69) is 26.1 Å². The van der Waals surface area contributed by atoms with Gasteiger partial charge in [0.1, 0.15) is 0 Å². The van der Waals surface area contributed by atoms with Gasteiger partial charge in [0.15, 0.2) is 0 Å². The summed E-state index contributed by atoms with van der Waals surface area (Å²) in [6.07, 6.45) is 0.557. The molecule has 1 aliphatic heterocycles. The molecule has 110 valence electrons. The summed E-state index contributed by atoms with van der Waals surface area (Å²) in [7, 11) is 0. The number of halogens is 1. The molecule has 0 bridgehead atoms. The fourth-order valence-electron chi connectivity index (χ4n) is 2.51. The van der Waals surface area contributed by atoms with Crippen molar-refractivity contribution in [2.75, 3.05) is 18.4 Å². The maximum atomic E-state index is 12.0.